The van der Waals surface area contributed by atoms with Gasteiger partial charge >= 0.3 is 12.2 Å². The van der Waals surface area contributed by atoms with Crippen molar-refractivity contribution in [3.63, 3.8) is 0 Å². The van der Waals surface area contributed by atoms with Crippen molar-refractivity contribution in [1.29, 1.82) is 0 Å². The number of rotatable bonds is 5. The number of hydrogen-bond acceptors (Lipinski definition) is 5. The first-order chi connectivity index (χ1) is 14.9. The zero-order valence-corrected chi connectivity index (χ0v) is 17.0. The molecule has 1 amide bonds. The molecule has 1 aromatic heterocycles. The highest BCUT2D eigenvalue weighted by molar-refractivity contribution is 5.97. The summed E-state index contributed by atoms with van der Waals surface area (Å²) in [6, 6.07) is 13.3. The molecule has 162 valence electrons. The maximum Gasteiger partial charge on any atom is 0.387 e. The van der Waals surface area contributed by atoms with E-state index < -0.39 is 12.2 Å². The second kappa shape index (κ2) is 8.85. The fraction of sp³-hybridized carbons (Fsp3) is 0.304. The van der Waals surface area contributed by atoms with Gasteiger partial charge < -0.3 is 14.1 Å². The predicted octanol–water partition coefficient (Wildman–Crippen LogP) is 3.66. The topological polar surface area (TPSA) is 63.0 Å². The third-order valence-electron chi connectivity index (χ3n) is 5.37. The van der Waals surface area contributed by atoms with E-state index in [0.29, 0.717) is 38.3 Å². The van der Waals surface area contributed by atoms with Crippen LogP contribution in [0.1, 0.15) is 21.5 Å². The standard InChI is InChI=1S/C23H22F2N2O4/c1-15-6-7-17-16(13-21(28)30-20(17)12-15)14-26-8-10-27(11-9-26)22(29)18-4-2-3-5-19(18)31-23(24)25/h2-7,12-13,23H,8-11,14H2,1H3. The number of ether oxygens (including phenoxy) is 1. The molecule has 1 aliphatic heterocycles. The Morgan fingerprint density at radius 2 is 1.84 bits per heavy atom. The summed E-state index contributed by atoms with van der Waals surface area (Å²) in [5.74, 6) is -0.458. The van der Waals surface area contributed by atoms with E-state index in [1.807, 2.05) is 25.1 Å². The molecule has 4 rings (SSSR count). The molecule has 0 saturated carbocycles. The van der Waals surface area contributed by atoms with Crippen molar-refractivity contribution in [1.82, 2.24) is 9.80 Å². The van der Waals surface area contributed by atoms with Gasteiger partial charge in [-0.3, -0.25) is 9.69 Å². The van der Waals surface area contributed by atoms with Gasteiger partial charge in [0.05, 0.1) is 5.56 Å². The van der Waals surface area contributed by atoms with Crippen molar-refractivity contribution in [3.05, 3.63) is 75.6 Å². The van der Waals surface area contributed by atoms with Crippen LogP contribution < -0.4 is 10.4 Å². The third-order valence-corrected chi connectivity index (χ3v) is 5.37. The molecule has 2 heterocycles. The van der Waals surface area contributed by atoms with Gasteiger partial charge in [0.1, 0.15) is 11.3 Å². The van der Waals surface area contributed by atoms with E-state index in [1.165, 1.54) is 18.2 Å². The van der Waals surface area contributed by atoms with Gasteiger partial charge in [-0.25, -0.2) is 4.79 Å². The number of amides is 1. The molecular formula is C23H22F2N2O4. The van der Waals surface area contributed by atoms with Gasteiger partial charge in [0.2, 0.25) is 0 Å². The van der Waals surface area contributed by atoms with Crippen LogP contribution in [0.2, 0.25) is 0 Å². The predicted molar refractivity (Wildman–Crippen MR) is 111 cm³/mol. The fourth-order valence-corrected chi connectivity index (χ4v) is 3.83. The minimum Gasteiger partial charge on any atom is -0.434 e. The van der Waals surface area contributed by atoms with Gasteiger partial charge in [-0.1, -0.05) is 24.3 Å². The maximum absolute atomic E-state index is 12.8. The number of benzene rings is 2. The first-order valence-electron chi connectivity index (χ1n) is 9.99. The highest BCUT2D eigenvalue weighted by Gasteiger charge is 2.25. The van der Waals surface area contributed by atoms with Crippen LogP contribution in [0.4, 0.5) is 8.78 Å². The van der Waals surface area contributed by atoms with Crippen LogP contribution in [0, 0.1) is 6.92 Å². The quantitative estimate of drug-likeness (QED) is 0.581. The summed E-state index contributed by atoms with van der Waals surface area (Å²) in [6.07, 6.45) is 0. The van der Waals surface area contributed by atoms with Crippen molar-refractivity contribution in [2.24, 2.45) is 0 Å². The second-order valence-corrected chi connectivity index (χ2v) is 7.53. The number of halogens is 2. The zero-order chi connectivity index (χ0) is 22.0. The molecule has 0 atom stereocenters. The Hall–Kier alpha value is -3.26. The molecular weight excluding hydrogens is 406 g/mol. The molecule has 8 heteroatoms. The molecule has 0 unspecified atom stereocenters. The van der Waals surface area contributed by atoms with Crippen LogP contribution in [0.15, 0.2) is 57.7 Å². The molecule has 1 saturated heterocycles. The fourth-order valence-electron chi connectivity index (χ4n) is 3.83. The minimum absolute atomic E-state index is 0.122. The normalized spacial score (nSPS) is 14.9. The molecule has 31 heavy (non-hydrogen) atoms. The lowest BCUT2D eigenvalue weighted by Gasteiger charge is -2.35. The van der Waals surface area contributed by atoms with Gasteiger partial charge in [-0.2, -0.15) is 8.78 Å². The number of piperazine rings is 1. The van der Waals surface area contributed by atoms with E-state index in [9.17, 15) is 18.4 Å². The molecule has 0 aliphatic carbocycles. The Bertz CT molecular complexity index is 1150. The summed E-state index contributed by atoms with van der Waals surface area (Å²) in [6.45, 7) is 1.58. The monoisotopic (exact) mass is 428 g/mol. The summed E-state index contributed by atoms with van der Waals surface area (Å²) >= 11 is 0. The third kappa shape index (κ3) is 4.74. The summed E-state index contributed by atoms with van der Waals surface area (Å²) in [7, 11) is 0. The average Bonchev–Trinajstić information content (AvgIpc) is 2.73. The Labute approximate surface area is 177 Å². The van der Waals surface area contributed by atoms with Crippen molar-refractivity contribution in [3.8, 4) is 5.75 Å². The van der Waals surface area contributed by atoms with Crippen LogP contribution in [0.25, 0.3) is 11.0 Å². The lowest BCUT2D eigenvalue weighted by Crippen LogP contribution is -2.48. The number of hydrogen-bond donors (Lipinski definition) is 0. The lowest BCUT2D eigenvalue weighted by atomic mass is 10.1. The largest absolute Gasteiger partial charge is 0.434 e. The van der Waals surface area contributed by atoms with E-state index >= 15 is 0 Å². The van der Waals surface area contributed by atoms with Gasteiger partial charge in [0.25, 0.3) is 5.91 Å². The van der Waals surface area contributed by atoms with Crippen LogP contribution in [-0.2, 0) is 6.54 Å². The van der Waals surface area contributed by atoms with Gasteiger partial charge in [-0.05, 0) is 36.2 Å². The number of alkyl halides is 2. The van der Waals surface area contributed by atoms with E-state index in [0.717, 1.165) is 16.5 Å². The summed E-state index contributed by atoms with van der Waals surface area (Å²) in [5.41, 5.74) is 2.18. The summed E-state index contributed by atoms with van der Waals surface area (Å²) < 4.78 is 35.1. The smallest absolute Gasteiger partial charge is 0.387 e. The molecule has 2 aromatic carbocycles. The van der Waals surface area contributed by atoms with Crippen LogP contribution in [-0.4, -0.2) is 48.5 Å². The molecule has 0 spiro atoms. The van der Waals surface area contributed by atoms with Crippen LogP contribution in [0.3, 0.4) is 0 Å². The average molecular weight is 428 g/mol. The van der Waals surface area contributed by atoms with E-state index in [-0.39, 0.29) is 17.2 Å². The second-order valence-electron chi connectivity index (χ2n) is 7.53. The van der Waals surface area contributed by atoms with Crippen molar-refractivity contribution in [2.45, 2.75) is 20.1 Å². The summed E-state index contributed by atoms with van der Waals surface area (Å²) in [4.78, 5) is 28.6. The van der Waals surface area contributed by atoms with Crippen LogP contribution in [0.5, 0.6) is 5.75 Å². The lowest BCUT2D eigenvalue weighted by molar-refractivity contribution is -0.0503. The van der Waals surface area contributed by atoms with Gasteiger partial charge in [0.15, 0.2) is 0 Å². The van der Waals surface area contributed by atoms with Crippen molar-refractivity contribution in [2.75, 3.05) is 26.2 Å². The molecule has 3 aromatic rings. The molecule has 0 N–H and O–H groups in total. The minimum atomic E-state index is -2.99. The number of nitrogens with zero attached hydrogens (tertiary/aromatic N) is 2. The highest BCUT2D eigenvalue weighted by atomic mass is 19.3. The van der Waals surface area contributed by atoms with E-state index in [1.54, 1.807) is 17.0 Å². The number of carbonyl (C=O) groups is 1. The van der Waals surface area contributed by atoms with E-state index in [2.05, 4.69) is 9.64 Å². The molecule has 1 aliphatic rings. The number of carbonyl (C=O) groups excluding carboxylic acids is 1. The molecule has 1 fully saturated rings. The molecule has 0 radical (unpaired) electrons. The Balaban J connectivity index is 1.45. The molecule has 0 bridgehead atoms. The number of aryl methyl sites for hydroxylation is 1. The Morgan fingerprint density at radius 3 is 2.58 bits per heavy atom. The van der Waals surface area contributed by atoms with Gasteiger partial charge in [0, 0.05) is 44.2 Å². The zero-order valence-electron chi connectivity index (χ0n) is 17.0. The van der Waals surface area contributed by atoms with E-state index in [4.69, 9.17) is 4.42 Å². The number of fused-ring (bicyclic) bond motifs is 1. The van der Waals surface area contributed by atoms with Crippen LogP contribution >= 0.6 is 0 Å². The molecule has 6 nitrogen and oxygen atoms in total. The Morgan fingerprint density at radius 1 is 1.10 bits per heavy atom. The maximum atomic E-state index is 12.8. The first-order valence-corrected chi connectivity index (χ1v) is 9.99. The van der Waals surface area contributed by atoms with Crippen molar-refractivity contribution < 1.29 is 22.7 Å². The highest BCUT2D eigenvalue weighted by Crippen LogP contribution is 2.24. The van der Waals surface area contributed by atoms with Gasteiger partial charge in [-0.15, -0.1) is 0 Å². The Kier molecular flexibility index (Phi) is 5.99. The van der Waals surface area contributed by atoms with Crippen molar-refractivity contribution >= 4 is 16.9 Å². The SMILES string of the molecule is Cc1ccc2c(CN3CCN(C(=O)c4ccccc4OC(F)F)CC3)cc(=O)oc2c1. The first kappa shape index (κ1) is 21.0. The number of para-hydroxylation sites is 1. The summed E-state index contributed by atoms with van der Waals surface area (Å²) in [5, 5.41) is 0.891.